The van der Waals surface area contributed by atoms with Crippen molar-refractivity contribution < 1.29 is 15.0 Å². The highest BCUT2D eigenvalue weighted by atomic mass is 16.3. The van der Waals surface area contributed by atoms with E-state index in [0.29, 0.717) is 6.42 Å². The van der Waals surface area contributed by atoms with Gasteiger partial charge < -0.3 is 15.5 Å². The molecule has 0 aromatic carbocycles. The highest BCUT2D eigenvalue weighted by molar-refractivity contribution is 5.76. The standard InChI is InChI=1S/C46H75NO3/c1-3-5-7-9-11-13-15-17-18-19-20-21-22-23-24-25-26-27-28-30-32-34-36-38-40-42-46(50)47-44(43-48)45(49)41-39-37-35-33-31-29-16-14-12-10-8-6-4-2/h5,7,11-14,17-18,20-21,23-24,26-27,31,33,39,41,44-45,48-49H,3-4,6,8-10,15-16,19,22,25,28-30,32,34-38,40,42-43H2,1-2H3,(H,47,50)/b7-5-,13-11-,14-12+,18-17-,21-20-,24-23-,27-26-,33-31+,41-39+. The third kappa shape index (κ3) is 36.3. The van der Waals surface area contributed by atoms with Crippen molar-refractivity contribution in [2.24, 2.45) is 0 Å². The van der Waals surface area contributed by atoms with Crippen molar-refractivity contribution in [1.29, 1.82) is 0 Å². The van der Waals surface area contributed by atoms with Gasteiger partial charge in [0.25, 0.3) is 0 Å². The molecule has 1 amide bonds. The number of aliphatic hydroxyl groups excluding tert-OH is 2. The number of carbonyl (C=O) groups excluding carboxylic acids is 1. The summed E-state index contributed by atoms with van der Waals surface area (Å²) in [5, 5.41) is 22.9. The highest BCUT2D eigenvalue weighted by Crippen LogP contribution is 2.10. The number of nitrogens with one attached hydrogen (secondary N) is 1. The van der Waals surface area contributed by atoms with E-state index in [4.69, 9.17) is 0 Å². The molecule has 0 aliphatic carbocycles. The van der Waals surface area contributed by atoms with E-state index in [1.807, 2.05) is 6.08 Å². The zero-order chi connectivity index (χ0) is 36.4. The first-order valence-electron chi connectivity index (χ1n) is 20.1. The van der Waals surface area contributed by atoms with Crippen LogP contribution < -0.4 is 5.32 Å². The Labute approximate surface area is 308 Å². The lowest BCUT2D eigenvalue weighted by atomic mass is 10.1. The van der Waals surface area contributed by atoms with Gasteiger partial charge in [0.1, 0.15) is 0 Å². The van der Waals surface area contributed by atoms with E-state index in [-0.39, 0.29) is 12.5 Å². The predicted molar refractivity (Wildman–Crippen MR) is 220 cm³/mol. The fourth-order valence-electron chi connectivity index (χ4n) is 5.15. The zero-order valence-electron chi connectivity index (χ0n) is 32.1. The Morgan fingerprint density at radius 2 is 0.900 bits per heavy atom. The monoisotopic (exact) mass is 690 g/mol. The molecule has 0 heterocycles. The van der Waals surface area contributed by atoms with Gasteiger partial charge in [-0.25, -0.2) is 0 Å². The molecule has 2 atom stereocenters. The summed E-state index contributed by atoms with van der Waals surface area (Å²) in [7, 11) is 0. The largest absolute Gasteiger partial charge is 0.394 e. The van der Waals surface area contributed by atoms with E-state index in [2.05, 4.69) is 116 Å². The second-order valence-electron chi connectivity index (χ2n) is 12.9. The number of allylic oxidation sites excluding steroid dienone is 17. The van der Waals surface area contributed by atoms with Crippen molar-refractivity contribution in [2.75, 3.05) is 6.61 Å². The van der Waals surface area contributed by atoms with E-state index in [0.717, 1.165) is 89.9 Å². The topological polar surface area (TPSA) is 69.6 Å². The fourth-order valence-corrected chi connectivity index (χ4v) is 5.15. The number of hydrogen-bond donors (Lipinski definition) is 3. The van der Waals surface area contributed by atoms with Crippen molar-refractivity contribution in [1.82, 2.24) is 5.32 Å². The molecule has 0 saturated heterocycles. The molecule has 0 aromatic heterocycles. The van der Waals surface area contributed by atoms with Crippen LogP contribution in [0.3, 0.4) is 0 Å². The van der Waals surface area contributed by atoms with Crippen molar-refractivity contribution in [2.45, 2.75) is 167 Å². The molecule has 0 aromatic rings. The van der Waals surface area contributed by atoms with Crippen molar-refractivity contribution in [3.63, 3.8) is 0 Å². The molecule has 4 nitrogen and oxygen atoms in total. The van der Waals surface area contributed by atoms with Gasteiger partial charge in [-0.1, -0.05) is 162 Å². The smallest absolute Gasteiger partial charge is 0.220 e. The molecule has 282 valence electrons. The molecule has 0 rings (SSSR count). The van der Waals surface area contributed by atoms with Crippen LogP contribution in [0.15, 0.2) is 109 Å². The van der Waals surface area contributed by atoms with E-state index in [1.54, 1.807) is 6.08 Å². The van der Waals surface area contributed by atoms with Crippen molar-refractivity contribution in [3.8, 4) is 0 Å². The molecule has 0 aliphatic rings. The van der Waals surface area contributed by atoms with E-state index < -0.39 is 12.1 Å². The highest BCUT2D eigenvalue weighted by Gasteiger charge is 2.17. The summed E-state index contributed by atoms with van der Waals surface area (Å²) in [6.07, 6.45) is 61.8. The molecule has 0 fully saturated rings. The quantitative estimate of drug-likeness (QED) is 0.0465. The van der Waals surface area contributed by atoms with Crippen LogP contribution in [0.2, 0.25) is 0 Å². The van der Waals surface area contributed by atoms with Crippen LogP contribution >= 0.6 is 0 Å². The summed E-state index contributed by atoms with van der Waals surface area (Å²) in [5.74, 6) is -0.100. The lowest BCUT2D eigenvalue weighted by Crippen LogP contribution is -2.45. The number of hydrogen-bond acceptors (Lipinski definition) is 3. The van der Waals surface area contributed by atoms with Crippen LogP contribution in [-0.2, 0) is 4.79 Å². The van der Waals surface area contributed by atoms with Gasteiger partial charge >= 0.3 is 0 Å². The van der Waals surface area contributed by atoms with Gasteiger partial charge in [-0.2, -0.15) is 0 Å². The van der Waals surface area contributed by atoms with Gasteiger partial charge in [-0.3, -0.25) is 4.79 Å². The maximum absolute atomic E-state index is 12.3. The molecule has 0 spiro atoms. The molecule has 2 unspecified atom stereocenters. The summed E-state index contributed by atoms with van der Waals surface area (Å²) in [4.78, 5) is 12.3. The molecular formula is C46H75NO3. The fraction of sp³-hybridized carbons (Fsp3) is 0.587. The Morgan fingerprint density at radius 1 is 0.500 bits per heavy atom. The number of rotatable bonds is 34. The Morgan fingerprint density at radius 3 is 1.40 bits per heavy atom. The van der Waals surface area contributed by atoms with Gasteiger partial charge in [-0.05, 0) is 96.3 Å². The molecule has 3 N–H and O–H groups in total. The van der Waals surface area contributed by atoms with Crippen LogP contribution in [-0.4, -0.2) is 34.9 Å². The number of unbranched alkanes of at least 4 members (excludes halogenated alkanes) is 11. The Balaban J connectivity index is 3.74. The van der Waals surface area contributed by atoms with Crippen molar-refractivity contribution >= 4 is 5.91 Å². The molecule has 4 heteroatoms. The van der Waals surface area contributed by atoms with E-state index >= 15 is 0 Å². The first kappa shape index (κ1) is 47.1. The normalized spacial score (nSPS) is 14.2. The lowest BCUT2D eigenvalue weighted by molar-refractivity contribution is -0.123. The predicted octanol–water partition coefficient (Wildman–Crippen LogP) is 12.5. The summed E-state index contributed by atoms with van der Waals surface area (Å²) in [6, 6.07) is -0.660. The van der Waals surface area contributed by atoms with Crippen LogP contribution in [0.5, 0.6) is 0 Å². The average molecular weight is 690 g/mol. The summed E-state index contributed by atoms with van der Waals surface area (Å²) < 4.78 is 0. The van der Waals surface area contributed by atoms with Crippen LogP contribution in [0, 0.1) is 0 Å². The summed E-state index contributed by atoms with van der Waals surface area (Å²) in [5.41, 5.74) is 0. The SMILES string of the molecule is CC/C=C\C/C=C\C/C=C\C/C=C\C/C=C\C/C=C\CCCCCCCCC(=O)NC(CO)C(O)/C=C/CC/C=C/CC/C=C/CCCCC. The third-order valence-electron chi connectivity index (χ3n) is 8.22. The Kier molecular flexibility index (Phi) is 38.1. The molecular weight excluding hydrogens is 615 g/mol. The van der Waals surface area contributed by atoms with Gasteiger partial charge in [0, 0.05) is 6.42 Å². The first-order chi connectivity index (χ1) is 24.7. The van der Waals surface area contributed by atoms with E-state index in [9.17, 15) is 15.0 Å². The van der Waals surface area contributed by atoms with Gasteiger partial charge in [0.2, 0.25) is 5.91 Å². The zero-order valence-corrected chi connectivity index (χ0v) is 32.1. The lowest BCUT2D eigenvalue weighted by Gasteiger charge is -2.19. The first-order valence-corrected chi connectivity index (χ1v) is 20.1. The van der Waals surface area contributed by atoms with E-state index in [1.165, 1.54) is 44.9 Å². The Bertz CT molecular complexity index is 1010. The maximum atomic E-state index is 12.3. The van der Waals surface area contributed by atoms with Crippen molar-refractivity contribution in [3.05, 3.63) is 109 Å². The summed E-state index contributed by atoms with van der Waals surface area (Å²) >= 11 is 0. The second kappa shape index (κ2) is 40.5. The number of amides is 1. The minimum Gasteiger partial charge on any atom is -0.394 e. The molecule has 0 radical (unpaired) electrons. The van der Waals surface area contributed by atoms with Gasteiger partial charge in [0.05, 0.1) is 18.8 Å². The molecule has 0 bridgehead atoms. The van der Waals surface area contributed by atoms with Gasteiger partial charge in [0.15, 0.2) is 0 Å². The minimum atomic E-state index is -0.882. The van der Waals surface area contributed by atoms with Crippen LogP contribution in [0.25, 0.3) is 0 Å². The number of aliphatic hydroxyl groups is 2. The third-order valence-corrected chi connectivity index (χ3v) is 8.22. The van der Waals surface area contributed by atoms with Crippen LogP contribution in [0.1, 0.15) is 155 Å². The second-order valence-corrected chi connectivity index (χ2v) is 12.9. The Hall–Kier alpha value is -2.95. The van der Waals surface area contributed by atoms with Crippen LogP contribution in [0.4, 0.5) is 0 Å². The molecule has 50 heavy (non-hydrogen) atoms. The molecule has 0 saturated carbocycles. The maximum Gasteiger partial charge on any atom is 0.220 e. The minimum absolute atomic E-state index is 0.100. The van der Waals surface area contributed by atoms with Gasteiger partial charge in [-0.15, -0.1) is 0 Å². The summed E-state index contributed by atoms with van der Waals surface area (Å²) in [6.45, 7) is 4.11. The average Bonchev–Trinajstić information content (AvgIpc) is 3.12. The number of carbonyl (C=O) groups is 1. The molecule has 0 aliphatic heterocycles.